The summed E-state index contributed by atoms with van der Waals surface area (Å²) in [6, 6.07) is 17.3. The Kier molecular flexibility index (Phi) is 7.86. The van der Waals surface area contributed by atoms with Crippen molar-refractivity contribution in [2.24, 2.45) is 0 Å². The van der Waals surface area contributed by atoms with E-state index in [2.05, 4.69) is 14.4 Å². The van der Waals surface area contributed by atoms with Crippen LogP contribution in [0.1, 0.15) is 27.8 Å². The smallest absolute Gasteiger partial charge is 0.399 e. The fourth-order valence-electron chi connectivity index (χ4n) is 7.02. The maximum Gasteiger partial charge on any atom is 0.573 e. The second-order valence-corrected chi connectivity index (χ2v) is 12.1. The van der Waals surface area contributed by atoms with E-state index in [0.717, 1.165) is 0 Å². The summed E-state index contributed by atoms with van der Waals surface area (Å²) < 4.78 is 101. The van der Waals surface area contributed by atoms with Crippen LogP contribution in [-0.2, 0) is 12.8 Å². The van der Waals surface area contributed by atoms with Crippen LogP contribution in [0.2, 0.25) is 0 Å². The van der Waals surface area contributed by atoms with Gasteiger partial charge in [-0.05, 0) is 128 Å². The van der Waals surface area contributed by atoms with Crippen molar-refractivity contribution in [3.8, 4) is 62.4 Å². The predicted molar refractivity (Wildman–Crippen MR) is 176 cm³/mol. The van der Waals surface area contributed by atoms with Crippen molar-refractivity contribution in [2.75, 3.05) is 0 Å². The van der Waals surface area contributed by atoms with E-state index in [1.807, 2.05) is 12.1 Å². The fourth-order valence-corrected chi connectivity index (χ4v) is 7.02. The van der Waals surface area contributed by atoms with Crippen LogP contribution in [0.25, 0.3) is 65.6 Å². The highest BCUT2D eigenvalue weighted by Gasteiger charge is 2.35. The lowest BCUT2D eigenvalue weighted by atomic mass is 9.89. The standard InChI is InChI=1S/C40H17F7N4O/c1-18-29(41)12-23(13-30(18)42)19-4-6-21-10-27-35(33(16-48)50-2)28-11-22-7-5-20(24-14-31(43)39(32(44)15-24)52-40(45,46)47)9-26(22)37(28)38(34(17-49)51-3)36(27)25(21)8-19/h4-9,12-15H,10-11H2,1H3/b35-33+,38-34+. The zero-order valence-electron chi connectivity index (χ0n) is 26.5. The number of fused-ring (bicyclic) bond motifs is 6. The van der Waals surface area contributed by atoms with Crippen LogP contribution in [0.4, 0.5) is 30.7 Å². The minimum Gasteiger partial charge on any atom is -0.399 e. The van der Waals surface area contributed by atoms with Gasteiger partial charge in [0.25, 0.3) is 11.4 Å². The van der Waals surface area contributed by atoms with Gasteiger partial charge in [-0.1, -0.05) is 24.3 Å². The normalized spacial score (nSPS) is 13.4. The molecule has 0 spiro atoms. The summed E-state index contributed by atoms with van der Waals surface area (Å²) in [5.41, 5.74) is 3.78. The quantitative estimate of drug-likeness (QED) is 0.136. The number of benzene rings is 5. The zero-order chi connectivity index (χ0) is 37.2. The highest BCUT2D eigenvalue weighted by Crippen LogP contribution is 2.43. The van der Waals surface area contributed by atoms with Crippen molar-refractivity contribution in [3.63, 3.8) is 0 Å². The first-order chi connectivity index (χ1) is 24.8. The van der Waals surface area contributed by atoms with Gasteiger partial charge in [0, 0.05) is 10.8 Å². The lowest BCUT2D eigenvalue weighted by Gasteiger charge is -2.15. The Morgan fingerprint density at radius 2 is 1.08 bits per heavy atom. The number of halogens is 7. The van der Waals surface area contributed by atoms with Crippen LogP contribution in [0.3, 0.4) is 0 Å². The van der Waals surface area contributed by atoms with Crippen LogP contribution >= 0.6 is 0 Å². The van der Waals surface area contributed by atoms with Crippen LogP contribution < -0.4 is 15.2 Å². The van der Waals surface area contributed by atoms with Crippen molar-refractivity contribution < 1.29 is 35.5 Å². The summed E-state index contributed by atoms with van der Waals surface area (Å²) in [7, 11) is 0. The second-order valence-electron chi connectivity index (χ2n) is 12.1. The average Bonchev–Trinajstić information content (AvgIpc) is 3.67. The van der Waals surface area contributed by atoms with Gasteiger partial charge in [-0.3, -0.25) is 0 Å². The zero-order valence-corrected chi connectivity index (χ0v) is 26.5. The second kappa shape index (κ2) is 12.2. The minimum atomic E-state index is -5.34. The monoisotopic (exact) mass is 702 g/mol. The van der Waals surface area contributed by atoms with E-state index >= 15 is 0 Å². The molecule has 5 aromatic carbocycles. The molecular formula is C40H17F7N4O. The molecule has 0 saturated heterocycles. The van der Waals surface area contributed by atoms with Crippen LogP contribution in [0.5, 0.6) is 5.75 Å². The highest BCUT2D eigenvalue weighted by atomic mass is 19.4. The van der Waals surface area contributed by atoms with Gasteiger partial charge in [-0.15, -0.1) is 13.2 Å². The number of alkyl halides is 3. The molecule has 0 radical (unpaired) electrons. The molecule has 0 fully saturated rings. The van der Waals surface area contributed by atoms with Gasteiger partial charge in [0.05, 0.1) is 25.3 Å². The summed E-state index contributed by atoms with van der Waals surface area (Å²) >= 11 is 0. The highest BCUT2D eigenvalue weighted by molar-refractivity contribution is 5.95. The van der Waals surface area contributed by atoms with Crippen molar-refractivity contribution in [3.05, 3.63) is 145 Å². The number of hydrogen-bond donors (Lipinski definition) is 0. The third-order valence-corrected chi connectivity index (χ3v) is 9.27. The molecule has 0 amide bonds. The van der Waals surface area contributed by atoms with Crippen molar-refractivity contribution in [1.82, 2.24) is 0 Å². The molecule has 0 unspecified atom stereocenters. The molecule has 5 aromatic rings. The largest absolute Gasteiger partial charge is 0.573 e. The molecule has 0 saturated carbocycles. The first kappa shape index (κ1) is 33.6. The first-order valence-corrected chi connectivity index (χ1v) is 15.3. The molecule has 52 heavy (non-hydrogen) atoms. The summed E-state index contributed by atoms with van der Waals surface area (Å²) in [5, 5.41) is 20.9. The fraction of sp³-hybridized carbons (Fsp3) is 0.100. The van der Waals surface area contributed by atoms with E-state index in [0.29, 0.717) is 67.4 Å². The van der Waals surface area contributed by atoms with Gasteiger partial charge in [-0.2, -0.15) is 0 Å². The van der Waals surface area contributed by atoms with E-state index < -0.39 is 35.4 Å². The van der Waals surface area contributed by atoms with Gasteiger partial charge in [0.15, 0.2) is 11.6 Å². The Hall–Kier alpha value is -6.89. The van der Waals surface area contributed by atoms with E-state index in [1.165, 1.54) is 31.2 Å². The van der Waals surface area contributed by atoms with Crippen molar-refractivity contribution in [2.45, 2.75) is 26.1 Å². The Morgan fingerprint density at radius 3 is 1.48 bits per heavy atom. The molecule has 0 atom stereocenters. The van der Waals surface area contributed by atoms with E-state index in [4.69, 9.17) is 13.1 Å². The summed E-state index contributed by atoms with van der Waals surface area (Å²) in [6.07, 6.45) is -5.01. The van der Waals surface area contributed by atoms with E-state index in [-0.39, 0.29) is 51.7 Å². The number of ether oxygens (including phenoxy) is 1. The third-order valence-electron chi connectivity index (χ3n) is 9.27. The number of nitrogens with zero attached hydrogens (tertiary/aromatic N) is 4. The molecule has 12 heteroatoms. The molecule has 7 rings (SSSR count). The van der Waals surface area contributed by atoms with E-state index in [1.54, 1.807) is 24.3 Å². The van der Waals surface area contributed by atoms with E-state index in [9.17, 15) is 41.3 Å². The summed E-state index contributed by atoms with van der Waals surface area (Å²) in [5.74, 6) is -6.35. The Balaban J connectivity index is 1.55. The van der Waals surface area contributed by atoms with Gasteiger partial charge < -0.3 is 4.74 Å². The molecule has 0 heterocycles. The molecule has 2 aliphatic carbocycles. The Morgan fingerprint density at radius 1 is 0.654 bits per heavy atom. The minimum absolute atomic E-state index is 0.141. The topological polar surface area (TPSA) is 65.5 Å². The van der Waals surface area contributed by atoms with Gasteiger partial charge in [0.1, 0.15) is 11.6 Å². The van der Waals surface area contributed by atoms with Crippen molar-refractivity contribution >= 4 is 11.4 Å². The molecule has 5 nitrogen and oxygen atoms in total. The molecule has 252 valence electrons. The Labute approximate surface area is 290 Å². The summed E-state index contributed by atoms with van der Waals surface area (Å²) in [6.45, 7) is 17.1. The average molecular weight is 703 g/mol. The van der Waals surface area contributed by atoms with Gasteiger partial charge >= 0.3 is 6.36 Å². The molecular weight excluding hydrogens is 685 g/mol. The third kappa shape index (κ3) is 5.30. The van der Waals surface area contributed by atoms with Gasteiger partial charge in [-0.25, -0.2) is 37.8 Å². The first-order valence-electron chi connectivity index (χ1n) is 15.3. The van der Waals surface area contributed by atoms with Crippen LogP contribution in [-0.4, -0.2) is 6.36 Å². The van der Waals surface area contributed by atoms with Crippen molar-refractivity contribution in [1.29, 1.82) is 10.5 Å². The van der Waals surface area contributed by atoms with Crippen LogP contribution in [0.15, 0.2) is 60.7 Å². The maximum absolute atomic E-state index is 14.8. The molecule has 2 aliphatic rings. The predicted octanol–water partition coefficient (Wildman–Crippen LogP) is 9.03. The van der Waals surface area contributed by atoms with Gasteiger partial charge in [0.2, 0.25) is 5.75 Å². The molecule has 0 N–H and O–H groups in total. The summed E-state index contributed by atoms with van der Waals surface area (Å²) in [4.78, 5) is 7.02. The lowest BCUT2D eigenvalue weighted by Crippen LogP contribution is -2.25. The molecule has 0 aliphatic heterocycles. The molecule has 0 bridgehead atoms. The Bertz CT molecular complexity index is 2680. The number of hydrogen-bond acceptors (Lipinski definition) is 3. The maximum atomic E-state index is 14.8. The van der Waals surface area contributed by atoms with Crippen LogP contribution in [0, 0.1) is 66.0 Å². The lowest BCUT2D eigenvalue weighted by molar-refractivity contribution is -0.276. The number of nitriles is 2. The SMILES string of the molecule is [C-]#[N+]/C(C#N)=c1\c2c(/c(=C(/C#N)[N+]#[C-])c3c1Cc1ccc(-c4cc(F)c(OC(F)(F)F)c(F)c4)cc1-3)-c1cc(-c3cc(F)c(C)c(F)c3)ccc1C2. The molecule has 0 aromatic heterocycles. The number of rotatable bonds is 3.